The van der Waals surface area contributed by atoms with Gasteiger partial charge in [0.05, 0.1) is 17.9 Å². The van der Waals surface area contributed by atoms with Crippen molar-refractivity contribution in [2.24, 2.45) is 11.8 Å². The quantitative estimate of drug-likeness (QED) is 0.614. The Bertz CT molecular complexity index is 1060. The lowest BCUT2D eigenvalue weighted by Crippen LogP contribution is -2.57. The zero-order valence-corrected chi connectivity index (χ0v) is 20.5. The zero-order chi connectivity index (χ0) is 24.3. The van der Waals surface area contributed by atoms with Crippen molar-refractivity contribution in [3.8, 4) is 0 Å². The van der Waals surface area contributed by atoms with Gasteiger partial charge in [-0.25, -0.2) is 0 Å². The predicted molar refractivity (Wildman–Crippen MR) is 132 cm³/mol. The van der Waals surface area contributed by atoms with Gasteiger partial charge >= 0.3 is 0 Å². The fourth-order valence-electron chi connectivity index (χ4n) is 6.66. The van der Waals surface area contributed by atoms with Crippen LogP contribution in [0.5, 0.6) is 0 Å². The van der Waals surface area contributed by atoms with Gasteiger partial charge in [-0.3, -0.25) is 14.4 Å². The Balaban J connectivity index is 1.26. The van der Waals surface area contributed by atoms with Crippen molar-refractivity contribution < 1.29 is 19.1 Å². The third-order valence-corrected chi connectivity index (χ3v) is 8.60. The monoisotopic (exact) mass is 477 g/mol. The number of amides is 3. The van der Waals surface area contributed by atoms with Crippen LogP contribution in [-0.2, 0) is 19.1 Å². The lowest BCUT2D eigenvalue weighted by atomic mass is 9.74. The average molecular weight is 478 g/mol. The smallest absolute Gasteiger partial charge is 0.246 e. The predicted octanol–water partition coefficient (Wildman–Crippen LogP) is 3.51. The van der Waals surface area contributed by atoms with Gasteiger partial charge < -0.3 is 20.3 Å². The van der Waals surface area contributed by atoms with Crippen LogP contribution in [0, 0.1) is 11.8 Å². The Labute approximate surface area is 206 Å². The number of carbonyl (C=O) groups excluding carboxylic acids is 3. The molecule has 3 aliphatic heterocycles. The lowest BCUT2D eigenvalue weighted by molar-refractivity contribution is -0.142. The fourth-order valence-corrected chi connectivity index (χ4v) is 6.66. The number of hydrogen-bond acceptors (Lipinski definition) is 4. The third-order valence-electron chi connectivity index (χ3n) is 8.60. The van der Waals surface area contributed by atoms with E-state index >= 15 is 0 Å². The lowest BCUT2D eigenvalue weighted by Gasteiger charge is -2.34. The number of benzene rings is 1. The summed E-state index contributed by atoms with van der Waals surface area (Å²) in [6, 6.07) is 7.34. The molecule has 4 fully saturated rings. The maximum absolute atomic E-state index is 13.8. The first-order valence-electron chi connectivity index (χ1n) is 13.3. The van der Waals surface area contributed by atoms with Crippen molar-refractivity contribution in [2.45, 2.75) is 94.5 Å². The van der Waals surface area contributed by atoms with Crippen LogP contribution in [0.3, 0.4) is 0 Å². The number of nitrogens with one attached hydrogen (secondary N) is 2. The molecule has 2 N–H and O–H groups in total. The van der Waals surface area contributed by atoms with Gasteiger partial charge in [0.25, 0.3) is 0 Å². The van der Waals surface area contributed by atoms with Gasteiger partial charge in [0.15, 0.2) is 0 Å². The number of nitrogens with zero attached hydrogens (tertiary/aromatic N) is 1. The summed E-state index contributed by atoms with van der Waals surface area (Å²) in [6.07, 6.45) is 10.5. The summed E-state index contributed by atoms with van der Waals surface area (Å²) in [7, 11) is 0. The molecule has 35 heavy (non-hydrogen) atoms. The van der Waals surface area contributed by atoms with E-state index in [1.165, 1.54) is 12.0 Å². The fraction of sp³-hybridized carbons (Fsp3) is 0.607. The van der Waals surface area contributed by atoms with E-state index < -0.39 is 29.6 Å². The number of anilines is 1. The minimum absolute atomic E-state index is 0.0629. The van der Waals surface area contributed by atoms with Crippen LogP contribution in [0.25, 0.3) is 0 Å². The van der Waals surface area contributed by atoms with Crippen molar-refractivity contribution in [1.29, 1.82) is 0 Å². The molecule has 2 saturated heterocycles. The maximum Gasteiger partial charge on any atom is 0.246 e. The topological polar surface area (TPSA) is 87.7 Å². The Hall–Kier alpha value is -2.67. The van der Waals surface area contributed by atoms with Crippen LogP contribution >= 0.6 is 0 Å². The first kappa shape index (κ1) is 22.8. The van der Waals surface area contributed by atoms with Crippen LogP contribution in [0.4, 0.5) is 5.69 Å². The summed E-state index contributed by atoms with van der Waals surface area (Å²) in [5, 5.41) is 6.25. The first-order chi connectivity index (χ1) is 16.9. The second kappa shape index (κ2) is 8.47. The van der Waals surface area contributed by atoms with Crippen LogP contribution in [0.2, 0.25) is 0 Å². The highest BCUT2D eigenvalue weighted by atomic mass is 16.5. The van der Waals surface area contributed by atoms with Crippen molar-refractivity contribution in [3.63, 3.8) is 0 Å². The molecule has 3 amide bonds. The Morgan fingerprint density at radius 3 is 2.40 bits per heavy atom. The maximum atomic E-state index is 13.8. The highest BCUT2D eigenvalue weighted by molar-refractivity contribution is 6.03. The summed E-state index contributed by atoms with van der Waals surface area (Å²) in [6.45, 7) is 4.26. The number of likely N-dealkylation sites (tertiary alicyclic amines) is 1. The molecule has 3 heterocycles. The zero-order valence-electron chi connectivity index (χ0n) is 20.5. The van der Waals surface area contributed by atoms with Crippen molar-refractivity contribution >= 4 is 23.4 Å². The summed E-state index contributed by atoms with van der Waals surface area (Å²) in [4.78, 5) is 42.7. The largest absolute Gasteiger partial charge is 0.359 e. The summed E-state index contributed by atoms with van der Waals surface area (Å²) in [5.74, 6) is -1.37. The number of hydrogen-bond donors (Lipinski definition) is 2. The third kappa shape index (κ3) is 3.70. The molecule has 1 spiro atoms. The van der Waals surface area contributed by atoms with Gasteiger partial charge in [-0.05, 0) is 49.3 Å². The number of ether oxygens (including phenoxy) is 1. The SMILES string of the molecule is CC(C)c1ccc(NC(=O)[C@H]2[C@H]3C=C[C@]4(O3)[C@H](C(=O)NC3CCCCC3)N(C3CC3)C(=O)[C@@H]24)cc1. The van der Waals surface area contributed by atoms with E-state index in [9.17, 15) is 14.4 Å². The van der Waals surface area contributed by atoms with Gasteiger partial charge in [0, 0.05) is 17.8 Å². The molecule has 6 rings (SSSR count). The summed E-state index contributed by atoms with van der Waals surface area (Å²) in [5.41, 5.74) is 0.842. The summed E-state index contributed by atoms with van der Waals surface area (Å²) < 4.78 is 6.41. The number of rotatable bonds is 6. The number of fused-ring (bicyclic) bond motifs is 1. The molecule has 2 bridgehead atoms. The van der Waals surface area contributed by atoms with Crippen LogP contribution in [0.1, 0.15) is 70.3 Å². The van der Waals surface area contributed by atoms with Gasteiger partial charge in [-0.15, -0.1) is 0 Å². The van der Waals surface area contributed by atoms with Gasteiger partial charge in [-0.1, -0.05) is 57.4 Å². The van der Waals surface area contributed by atoms with E-state index in [1.54, 1.807) is 4.90 Å². The van der Waals surface area contributed by atoms with Crippen LogP contribution in [-0.4, -0.2) is 52.5 Å². The minimum Gasteiger partial charge on any atom is -0.359 e. The molecule has 2 saturated carbocycles. The van der Waals surface area contributed by atoms with E-state index in [0.717, 1.165) is 38.5 Å². The van der Waals surface area contributed by atoms with E-state index in [1.807, 2.05) is 36.4 Å². The highest BCUT2D eigenvalue weighted by Crippen LogP contribution is 2.57. The van der Waals surface area contributed by atoms with Crippen LogP contribution in [0.15, 0.2) is 36.4 Å². The normalized spacial score (nSPS) is 33.9. The second-order valence-corrected chi connectivity index (χ2v) is 11.3. The summed E-state index contributed by atoms with van der Waals surface area (Å²) >= 11 is 0. The molecule has 0 unspecified atom stereocenters. The Morgan fingerprint density at radius 2 is 1.74 bits per heavy atom. The molecule has 5 aliphatic rings. The van der Waals surface area contributed by atoms with Gasteiger partial charge in [-0.2, -0.15) is 0 Å². The molecule has 0 radical (unpaired) electrons. The van der Waals surface area contributed by atoms with E-state index in [-0.39, 0.29) is 29.8 Å². The van der Waals surface area contributed by atoms with E-state index in [2.05, 4.69) is 24.5 Å². The Morgan fingerprint density at radius 1 is 1.03 bits per heavy atom. The molecular formula is C28H35N3O4. The van der Waals surface area contributed by atoms with Crippen LogP contribution < -0.4 is 10.6 Å². The van der Waals surface area contributed by atoms with Crippen molar-refractivity contribution in [1.82, 2.24) is 10.2 Å². The average Bonchev–Trinajstić information content (AvgIpc) is 3.44. The standard InChI is InChI=1S/C28H35N3O4/c1-16(2)17-8-10-19(11-9-17)29-25(32)22-21-14-15-28(35-21)23(22)27(34)31(20-12-13-20)24(28)26(33)30-18-6-4-3-5-7-18/h8-11,14-16,18,20-24H,3-7,12-13H2,1-2H3,(H,29,32)(H,30,33)/t21-,22+,23-,24+,28-/m1/s1. The molecule has 1 aromatic rings. The molecule has 7 nitrogen and oxygen atoms in total. The Kier molecular flexibility index (Phi) is 5.51. The molecule has 1 aromatic carbocycles. The van der Waals surface area contributed by atoms with E-state index in [0.29, 0.717) is 11.6 Å². The van der Waals surface area contributed by atoms with Gasteiger partial charge in [0.1, 0.15) is 11.6 Å². The van der Waals surface area contributed by atoms with Crippen molar-refractivity contribution in [3.05, 3.63) is 42.0 Å². The highest BCUT2D eigenvalue weighted by Gasteiger charge is 2.74. The molecule has 7 heteroatoms. The molecule has 5 atom stereocenters. The molecule has 186 valence electrons. The van der Waals surface area contributed by atoms with Crippen molar-refractivity contribution in [2.75, 3.05) is 5.32 Å². The minimum atomic E-state index is -1.06. The van der Waals surface area contributed by atoms with Gasteiger partial charge in [0.2, 0.25) is 17.7 Å². The molecular weight excluding hydrogens is 442 g/mol. The first-order valence-corrected chi connectivity index (χ1v) is 13.3. The van der Waals surface area contributed by atoms with E-state index in [4.69, 9.17) is 4.74 Å². The molecule has 0 aromatic heterocycles. The molecule has 2 aliphatic carbocycles. The second-order valence-electron chi connectivity index (χ2n) is 11.3. The number of carbonyl (C=O) groups is 3.